The van der Waals surface area contributed by atoms with Crippen molar-refractivity contribution in [1.82, 2.24) is 0 Å². The molecule has 0 aromatic rings. The molecule has 19 heavy (non-hydrogen) atoms. The van der Waals surface area contributed by atoms with Crippen LogP contribution < -0.4 is 0 Å². The molecule has 0 unspecified atom stereocenters. The Morgan fingerprint density at radius 3 is 0.947 bits per heavy atom. The monoisotopic (exact) mass is 276 g/mol. The van der Waals surface area contributed by atoms with Gasteiger partial charge in [0.1, 0.15) is 0 Å². The summed E-state index contributed by atoms with van der Waals surface area (Å²) in [5.74, 6) is 0. The van der Waals surface area contributed by atoms with Crippen molar-refractivity contribution < 1.29 is 9.59 Å². The normalized spacial score (nSPS) is 6.21. The minimum atomic E-state index is 0. The number of hydrogen-bond acceptors (Lipinski definition) is 4. The van der Waals surface area contributed by atoms with Crippen LogP contribution in [-0.4, -0.2) is 12.2 Å². The van der Waals surface area contributed by atoms with Crippen molar-refractivity contribution in [2.45, 2.75) is 87.5 Å². The molecule has 118 valence electrons. The van der Waals surface area contributed by atoms with E-state index in [1.165, 1.54) is 51.4 Å². The van der Waals surface area contributed by atoms with Crippen LogP contribution in [0.5, 0.6) is 0 Å². The van der Waals surface area contributed by atoms with Crippen LogP contribution in [0.3, 0.4) is 0 Å². The number of isocyanates is 2. The maximum atomic E-state index is 8.35. The van der Waals surface area contributed by atoms with Crippen molar-refractivity contribution in [3.8, 4) is 0 Å². The van der Waals surface area contributed by atoms with Crippen LogP contribution in [0.15, 0.2) is 0 Å². The molecule has 0 rings (SSSR count). The van der Waals surface area contributed by atoms with Gasteiger partial charge in [0.2, 0.25) is 12.2 Å². The van der Waals surface area contributed by atoms with E-state index in [4.69, 9.17) is 20.4 Å². The Kier molecular flexibility index (Phi) is 103. The van der Waals surface area contributed by atoms with Crippen LogP contribution in [0.4, 0.5) is 0 Å². The minimum Gasteiger partial charge on any atom is -0.222 e. The van der Waals surface area contributed by atoms with Gasteiger partial charge in [0.05, 0.1) is 0 Å². The second-order valence-corrected chi connectivity index (χ2v) is 3.33. The molecular weight excluding hydrogens is 240 g/mol. The number of rotatable bonds is 7. The Morgan fingerprint density at radius 2 is 0.789 bits per heavy atom. The van der Waals surface area contributed by atoms with Crippen molar-refractivity contribution in [2.75, 3.05) is 0 Å². The molecule has 4 nitrogen and oxygen atoms in total. The average Bonchev–Trinajstić information content (AvgIpc) is 2.26. The third-order valence-corrected chi connectivity index (χ3v) is 1.96. The Bertz CT molecular complexity index is 151. The summed E-state index contributed by atoms with van der Waals surface area (Å²) in [6.07, 6.45) is 13.0. The van der Waals surface area contributed by atoms with Crippen molar-refractivity contribution in [3.05, 3.63) is 0 Å². The summed E-state index contributed by atoms with van der Waals surface area (Å²) >= 11 is 0. The lowest BCUT2D eigenvalue weighted by Gasteiger charge is -1.97. The largest absolute Gasteiger partial charge is 0.231 e. The molecule has 0 fully saturated rings. The first-order valence-corrected chi connectivity index (χ1v) is 5.82. The molecule has 4 heteroatoms. The molecule has 0 saturated carbocycles. The molecule has 0 aromatic heterocycles. The zero-order valence-corrected chi connectivity index (χ0v) is 10.5. The summed E-state index contributed by atoms with van der Waals surface area (Å²) in [7, 11) is 0. The van der Waals surface area contributed by atoms with Gasteiger partial charge in [-0.05, 0) is 0 Å². The van der Waals surface area contributed by atoms with E-state index in [0.29, 0.717) is 0 Å². The van der Waals surface area contributed by atoms with Crippen LogP contribution >= 0.6 is 0 Å². The van der Waals surface area contributed by atoms with Crippen LogP contribution in [0, 0.1) is 10.8 Å². The predicted octanol–water partition coefficient (Wildman–Crippen LogP) is 5.86. The molecule has 2 N–H and O–H groups in total. The van der Waals surface area contributed by atoms with E-state index in [0.717, 1.165) is 12.2 Å². The maximum absolute atomic E-state index is 8.35. The summed E-state index contributed by atoms with van der Waals surface area (Å²) in [5, 5.41) is 10.8. The molecule has 0 heterocycles. The molecular formula is C15H36N2O2. The van der Waals surface area contributed by atoms with Crippen LogP contribution in [-0.2, 0) is 9.59 Å². The van der Waals surface area contributed by atoms with Gasteiger partial charge in [-0.3, -0.25) is 0 Å². The third-order valence-electron chi connectivity index (χ3n) is 1.96. The van der Waals surface area contributed by atoms with E-state index >= 15 is 0 Å². The fourth-order valence-electron chi connectivity index (χ4n) is 1.21. The molecule has 0 spiro atoms. The van der Waals surface area contributed by atoms with Crippen LogP contribution in [0.1, 0.15) is 87.5 Å². The molecule has 0 amide bonds. The summed E-state index contributed by atoms with van der Waals surface area (Å²) in [4.78, 5) is 16.7. The van der Waals surface area contributed by atoms with Gasteiger partial charge < -0.3 is 0 Å². The molecule has 0 radical (unpaired) electrons. The van der Waals surface area contributed by atoms with E-state index in [-0.39, 0.29) is 22.3 Å². The highest BCUT2D eigenvalue weighted by Crippen LogP contribution is 2.07. The number of carbonyl (C=O) groups excluding carboxylic acids is 2. The van der Waals surface area contributed by atoms with Gasteiger partial charge >= 0.3 is 0 Å². The summed E-state index contributed by atoms with van der Waals surface area (Å²) in [5.41, 5.74) is 0. The molecule has 0 aliphatic carbocycles. The first kappa shape index (κ1) is 36.1. The SMILES string of the molecule is C.C.C.CCCCCCCCCC.N=C=O.N=C=O. The lowest BCUT2D eigenvalue weighted by molar-refractivity contribution is 0.562. The van der Waals surface area contributed by atoms with Crippen LogP contribution in [0.2, 0.25) is 0 Å². The Labute approximate surface area is 121 Å². The Hall–Kier alpha value is -1.24. The number of hydrogen-bond donors (Lipinski definition) is 2. The van der Waals surface area contributed by atoms with Crippen molar-refractivity contribution >= 4 is 12.2 Å². The van der Waals surface area contributed by atoms with Crippen LogP contribution in [0.25, 0.3) is 0 Å². The molecule has 0 aromatic carbocycles. The zero-order chi connectivity index (χ0) is 13.1. The van der Waals surface area contributed by atoms with E-state index in [2.05, 4.69) is 13.8 Å². The second-order valence-electron chi connectivity index (χ2n) is 3.33. The maximum Gasteiger partial charge on any atom is 0.231 e. The summed E-state index contributed by atoms with van der Waals surface area (Å²) in [6, 6.07) is 0. The molecule has 0 atom stereocenters. The van der Waals surface area contributed by atoms with Crippen molar-refractivity contribution in [2.24, 2.45) is 0 Å². The van der Waals surface area contributed by atoms with Gasteiger partial charge in [0, 0.05) is 0 Å². The third kappa shape index (κ3) is 110. The minimum absolute atomic E-state index is 0. The summed E-state index contributed by atoms with van der Waals surface area (Å²) < 4.78 is 0. The van der Waals surface area contributed by atoms with E-state index in [1.807, 2.05) is 0 Å². The standard InChI is InChI=1S/C10H22.2CHNO.3CH4/c1-3-5-7-9-10-8-6-4-2;2*2-1-3;;;/h3-10H2,1-2H3;2*2H;3*1H4. The van der Waals surface area contributed by atoms with E-state index in [1.54, 1.807) is 0 Å². The van der Waals surface area contributed by atoms with Gasteiger partial charge in [-0.15, -0.1) is 0 Å². The highest BCUT2D eigenvalue weighted by molar-refractivity contribution is 5.26. The smallest absolute Gasteiger partial charge is 0.222 e. The zero-order valence-electron chi connectivity index (χ0n) is 10.5. The highest BCUT2D eigenvalue weighted by atomic mass is 16.1. The van der Waals surface area contributed by atoms with E-state index < -0.39 is 0 Å². The lowest BCUT2D eigenvalue weighted by atomic mass is 10.1. The first-order chi connectivity index (χ1) is 7.74. The quantitative estimate of drug-likeness (QED) is 0.347. The molecule has 0 aliphatic heterocycles. The van der Waals surface area contributed by atoms with Gasteiger partial charge in [-0.25, -0.2) is 20.4 Å². The fraction of sp³-hybridized carbons (Fsp3) is 0.867. The number of unbranched alkanes of at least 4 members (excludes halogenated alkanes) is 7. The van der Waals surface area contributed by atoms with Crippen molar-refractivity contribution in [1.29, 1.82) is 10.8 Å². The van der Waals surface area contributed by atoms with Gasteiger partial charge in [-0.1, -0.05) is 87.5 Å². The predicted molar refractivity (Wildman–Crippen MR) is 85.3 cm³/mol. The Balaban J connectivity index is -0.0000000406. The Morgan fingerprint density at radius 1 is 0.632 bits per heavy atom. The molecule has 0 aliphatic rings. The second kappa shape index (κ2) is 54.2. The molecule has 0 saturated heterocycles. The van der Waals surface area contributed by atoms with Crippen molar-refractivity contribution in [3.63, 3.8) is 0 Å². The van der Waals surface area contributed by atoms with Gasteiger partial charge in [0.15, 0.2) is 0 Å². The average molecular weight is 276 g/mol. The molecule has 0 bridgehead atoms. The summed E-state index contributed by atoms with van der Waals surface area (Å²) in [6.45, 7) is 4.54. The number of nitrogens with one attached hydrogen (secondary N) is 2. The highest BCUT2D eigenvalue weighted by Gasteiger charge is 1.87. The first-order valence-electron chi connectivity index (χ1n) is 5.82. The fourth-order valence-corrected chi connectivity index (χ4v) is 1.21. The van der Waals surface area contributed by atoms with Gasteiger partial charge in [-0.2, -0.15) is 0 Å². The van der Waals surface area contributed by atoms with E-state index in [9.17, 15) is 0 Å². The lowest BCUT2D eigenvalue weighted by Crippen LogP contribution is -1.77. The van der Waals surface area contributed by atoms with Gasteiger partial charge in [0.25, 0.3) is 0 Å². The topological polar surface area (TPSA) is 81.8 Å².